The van der Waals surface area contributed by atoms with E-state index in [1.54, 1.807) is 6.07 Å². The molecule has 0 fully saturated rings. The molecule has 2 aromatic rings. The molecule has 7 nitrogen and oxygen atoms in total. The van der Waals surface area contributed by atoms with Gasteiger partial charge < -0.3 is 0 Å². The molecule has 1 aliphatic carbocycles. The molecular weight excluding hydrogens is 358 g/mol. The van der Waals surface area contributed by atoms with Gasteiger partial charge >= 0.3 is 17.1 Å². The van der Waals surface area contributed by atoms with Crippen LogP contribution in [0.3, 0.4) is 0 Å². The average Bonchev–Trinajstić information content (AvgIpc) is 2.71. The van der Waals surface area contributed by atoms with Gasteiger partial charge in [-0.1, -0.05) is 24.3 Å². The summed E-state index contributed by atoms with van der Waals surface area (Å²) in [5.74, 6) is -0.346. The molecule has 0 N–H and O–H groups in total. The number of aromatic nitrogens is 3. The molecule has 0 atom stereocenters. The first-order chi connectivity index (χ1) is 13.5. The molecule has 0 bridgehead atoms. The molecule has 1 aliphatic rings. The van der Waals surface area contributed by atoms with E-state index in [0.29, 0.717) is 5.56 Å². The van der Waals surface area contributed by atoms with E-state index in [-0.39, 0.29) is 18.9 Å². The second-order valence-electron chi connectivity index (χ2n) is 6.85. The predicted octanol–water partition coefficient (Wildman–Crippen LogP) is 1.31. The molecule has 0 amide bonds. The van der Waals surface area contributed by atoms with Crippen molar-refractivity contribution in [3.63, 3.8) is 0 Å². The van der Waals surface area contributed by atoms with Crippen LogP contribution in [0.5, 0.6) is 0 Å². The van der Waals surface area contributed by atoms with Crippen molar-refractivity contribution in [3.05, 3.63) is 91.7 Å². The fraction of sp³-hybridized carbons (Fsp3) is 0.333. The highest BCUT2D eigenvalue weighted by molar-refractivity contribution is 5.96. The zero-order chi connectivity index (χ0) is 20.3. The lowest BCUT2D eigenvalue weighted by atomic mass is 9.90. The minimum atomic E-state index is -0.818. The van der Waals surface area contributed by atoms with E-state index in [2.05, 4.69) is 13.2 Å². The highest BCUT2D eigenvalue weighted by atomic mass is 16.2. The van der Waals surface area contributed by atoms with Crippen molar-refractivity contribution in [1.29, 1.82) is 0 Å². The Kier molecular flexibility index (Phi) is 5.73. The van der Waals surface area contributed by atoms with Crippen LogP contribution in [-0.2, 0) is 32.5 Å². The van der Waals surface area contributed by atoms with Crippen molar-refractivity contribution in [2.75, 3.05) is 0 Å². The van der Waals surface area contributed by atoms with E-state index in [9.17, 15) is 19.2 Å². The maximum absolute atomic E-state index is 12.8. The van der Waals surface area contributed by atoms with Gasteiger partial charge in [-0.15, -0.1) is 13.2 Å². The van der Waals surface area contributed by atoms with Gasteiger partial charge in [0.25, 0.3) is 0 Å². The molecule has 146 valence electrons. The summed E-state index contributed by atoms with van der Waals surface area (Å²) < 4.78 is 2.58. The normalized spacial score (nSPS) is 13.0. The molecule has 7 heteroatoms. The van der Waals surface area contributed by atoms with Crippen LogP contribution in [0.25, 0.3) is 0 Å². The number of rotatable bonds is 7. The maximum atomic E-state index is 12.8. The Bertz CT molecular complexity index is 1070. The van der Waals surface area contributed by atoms with E-state index in [1.807, 2.05) is 12.1 Å². The molecule has 0 radical (unpaired) electrons. The minimum Gasteiger partial charge on any atom is -0.292 e. The smallest absolute Gasteiger partial charge is 0.292 e. The first kappa shape index (κ1) is 19.5. The van der Waals surface area contributed by atoms with Gasteiger partial charge in [0.2, 0.25) is 0 Å². The number of benzene rings is 1. The van der Waals surface area contributed by atoms with Crippen LogP contribution in [0.2, 0.25) is 0 Å². The van der Waals surface area contributed by atoms with E-state index in [1.165, 1.54) is 17.7 Å². The maximum Gasteiger partial charge on any atom is 0.337 e. The van der Waals surface area contributed by atoms with Crippen LogP contribution in [-0.4, -0.2) is 19.5 Å². The van der Waals surface area contributed by atoms with Crippen molar-refractivity contribution < 1.29 is 4.79 Å². The third kappa shape index (κ3) is 3.60. The second-order valence-corrected chi connectivity index (χ2v) is 6.85. The first-order valence-electron chi connectivity index (χ1n) is 9.29. The largest absolute Gasteiger partial charge is 0.337 e. The monoisotopic (exact) mass is 381 g/mol. The Morgan fingerprint density at radius 2 is 1.39 bits per heavy atom. The molecule has 0 aliphatic heterocycles. The number of Topliss-reactive ketones (excluding diaryl/α,β-unsaturated/α-hetero) is 1. The summed E-state index contributed by atoms with van der Waals surface area (Å²) >= 11 is 0. The van der Waals surface area contributed by atoms with Gasteiger partial charge in [-0.2, -0.15) is 0 Å². The van der Waals surface area contributed by atoms with Crippen molar-refractivity contribution >= 4 is 5.78 Å². The summed E-state index contributed by atoms with van der Waals surface area (Å²) in [5, 5.41) is 0. The standard InChI is InChI=1S/C21H23N3O4/c1-3-11-22-19(26)23(12-4-2)21(28)24(20(22)27)14-18(25)17-10-9-15-7-5-6-8-16(15)13-17/h3-4,9-10,13H,1-2,5-8,11-12,14H2. The summed E-state index contributed by atoms with van der Waals surface area (Å²) in [7, 11) is 0. The van der Waals surface area contributed by atoms with E-state index in [4.69, 9.17) is 0 Å². The highest BCUT2D eigenvalue weighted by Crippen LogP contribution is 2.22. The zero-order valence-electron chi connectivity index (χ0n) is 15.7. The number of hydrogen-bond acceptors (Lipinski definition) is 4. The van der Waals surface area contributed by atoms with E-state index in [0.717, 1.165) is 44.9 Å². The predicted molar refractivity (Wildman–Crippen MR) is 107 cm³/mol. The van der Waals surface area contributed by atoms with E-state index >= 15 is 0 Å². The summed E-state index contributed by atoms with van der Waals surface area (Å²) in [5.41, 5.74) is 0.469. The second kappa shape index (κ2) is 8.21. The molecule has 0 unspecified atom stereocenters. The molecule has 1 aromatic carbocycles. The van der Waals surface area contributed by atoms with Crippen molar-refractivity contribution in [3.8, 4) is 0 Å². The number of carbonyl (C=O) groups excluding carboxylic acids is 1. The molecule has 3 rings (SSSR count). The number of aryl methyl sites for hydroxylation is 2. The lowest BCUT2D eigenvalue weighted by Crippen LogP contribution is -2.55. The number of ketones is 1. The number of carbonyl (C=O) groups is 1. The van der Waals surface area contributed by atoms with Gasteiger partial charge in [-0.3, -0.25) is 4.79 Å². The Morgan fingerprint density at radius 1 is 0.857 bits per heavy atom. The Balaban J connectivity index is 2.04. The molecule has 0 saturated carbocycles. The molecule has 1 heterocycles. The van der Waals surface area contributed by atoms with E-state index < -0.39 is 23.6 Å². The van der Waals surface area contributed by atoms with Gasteiger partial charge in [-0.25, -0.2) is 28.1 Å². The Labute approximate surface area is 161 Å². The van der Waals surface area contributed by atoms with Gasteiger partial charge in [0.05, 0.1) is 19.6 Å². The van der Waals surface area contributed by atoms with Crippen LogP contribution in [0.1, 0.15) is 34.3 Å². The van der Waals surface area contributed by atoms with Crippen LogP contribution in [0, 0.1) is 0 Å². The topological polar surface area (TPSA) is 83.1 Å². The van der Waals surface area contributed by atoms with Crippen molar-refractivity contribution in [2.24, 2.45) is 0 Å². The molecule has 0 saturated heterocycles. The lowest BCUT2D eigenvalue weighted by Gasteiger charge is -2.16. The van der Waals surface area contributed by atoms with Crippen LogP contribution >= 0.6 is 0 Å². The van der Waals surface area contributed by atoms with Crippen LogP contribution < -0.4 is 17.1 Å². The molecule has 28 heavy (non-hydrogen) atoms. The van der Waals surface area contributed by atoms with Crippen LogP contribution in [0.15, 0.2) is 57.9 Å². The number of allylic oxidation sites excluding steroid dienone is 2. The summed E-state index contributed by atoms with van der Waals surface area (Å²) in [6.45, 7) is 6.53. The molecule has 0 spiro atoms. The fourth-order valence-electron chi connectivity index (χ4n) is 3.53. The number of hydrogen-bond donors (Lipinski definition) is 0. The number of nitrogens with zero attached hydrogens (tertiary/aromatic N) is 3. The third-order valence-corrected chi connectivity index (χ3v) is 4.98. The van der Waals surface area contributed by atoms with Gasteiger partial charge in [0.15, 0.2) is 5.78 Å². The Hall–Kier alpha value is -3.22. The van der Waals surface area contributed by atoms with Gasteiger partial charge in [-0.05, 0) is 42.9 Å². The summed E-state index contributed by atoms with van der Waals surface area (Å²) in [6.07, 6.45) is 6.93. The van der Waals surface area contributed by atoms with Crippen LogP contribution in [0.4, 0.5) is 0 Å². The van der Waals surface area contributed by atoms with Crippen molar-refractivity contribution in [2.45, 2.75) is 45.3 Å². The number of fused-ring (bicyclic) bond motifs is 1. The molecular formula is C21H23N3O4. The first-order valence-corrected chi connectivity index (χ1v) is 9.29. The zero-order valence-corrected chi connectivity index (χ0v) is 15.7. The summed E-state index contributed by atoms with van der Waals surface area (Å²) in [6, 6.07) is 5.53. The van der Waals surface area contributed by atoms with Crippen molar-refractivity contribution in [1.82, 2.24) is 13.7 Å². The van der Waals surface area contributed by atoms with Gasteiger partial charge in [0.1, 0.15) is 0 Å². The average molecular weight is 381 g/mol. The lowest BCUT2D eigenvalue weighted by molar-refractivity contribution is 0.0966. The SMILES string of the molecule is C=CCn1c(=O)n(CC=C)c(=O)n(CC(=O)c2ccc3c(c2)CCCC3)c1=O. The third-order valence-electron chi connectivity index (χ3n) is 4.98. The minimum absolute atomic E-state index is 0.0534. The van der Waals surface area contributed by atoms with Gasteiger partial charge in [0, 0.05) is 5.56 Å². The molecule has 1 aromatic heterocycles. The highest BCUT2D eigenvalue weighted by Gasteiger charge is 2.18. The quantitative estimate of drug-likeness (QED) is 0.535. The Morgan fingerprint density at radius 3 is 1.96 bits per heavy atom. The summed E-state index contributed by atoms with van der Waals surface area (Å²) in [4.78, 5) is 50.5. The fourth-order valence-corrected chi connectivity index (χ4v) is 3.53.